The topological polar surface area (TPSA) is 110 Å². The highest BCUT2D eigenvalue weighted by atomic mass is 19.4. The Kier molecular flexibility index (Phi) is 7.47. The largest absolute Gasteiger partial charge is 0.493 e. The van der Waals surface area contributed by atoms with Crippen LogP contribution in [0, 0.1) is 5.92 Å². The van der Waals surface area contributed by atoms with E-state index >= 15 is 0 Å². The van der Waals surface area contributed by atoms with Crippen molar-refractivity contribution in [1.82, 2.24) is 15.0 Å². The molecular formula is C23H30F3N5O3. The van der Waals surface area contributed by atoms with Crippen LogP contribution in [0.5, 0.6) is 5.75 Å². The molecule has 2 fully saturated rings. The summed E-state index contributed by atoms with van der Waals surface area (Å²) < 4.78 is 52.2. The highest BCUT2D eigenvalue weighted by Gasteiger charge is 2.36. The molecule has 1 unspecified atom stereocenters. The van der Waals surface area contributed by atoms with Crippen LogP contribution >= 0.6 is 0 Å². The number of halogens is 3. The maximum Gasteiger partial charge on any atom is 0.419 e. The second kappa shape index (κ2) is 10.5. The highest BCUT2D eigenvalue weighted by Crippen LogP contribution is 2.39. The van der Waals surface area contributed by atoms with Crippen molar-refractivity contribution in [3.05, 3.63) is 29.7 Å². The van der Waals surface area contributed by atoms with E-state index in [2.05, 4.69) is 15.3 Å². The van der Waals surface area contributed by atoms with Crippen molar-refractivity contribution in [1.29, 1.82) is 0 Å². The first-order valence-corrected chi connectivity index (χ1v) is 11.8. The Morgan fingerprint density at radius 3 is 2.74 bits per heavy atom. The quantitative estimate of drug-likeness (QED) is 0.181. The number of guanidine groups is 1. The Balaban J connectivity index is 1.46. The molecule has 1 saturated carbocycles. The van der Waals surface area contributed by atoms with Gasteiger partial charge in [0.2, 0.25) is 17.7 Å². The van der Waals surface area contributed by atoms with Gasteiger partial charge >= 0.3 is 6.18 Å². The van der Waals surface area contributed by atoms with Gasteiger partial charge in [-0.15, -0.1) is 0 Å². The van der Waals surface area contributed by atoms with Crippen molar-refractivity contribution in [3.63, 3.8) is 0 Å². The standard InChI is InChI=1S/C23H30F3N5O3/c24-23(25,26)17-14-16(10-11-19(17)33-13-5-8-15-6-2-1-3-7-15)20-28-21(34-30-20)18-9-4-12-31(18)22(27)29-32/h10-11,14-15,18,32H,1-9,12-13H2,(H2,27,29). The molecule has 0 amide bonds. The SMILES string of the molecule is N/C(=N/O)N1CCCC1c1nc(-c2ccc(OCCCC3CCCCC3)c(C(F)(F)F)c2)no1. The smallest absolute Gasteiger partial charge is 0.419 e. The molecular weight excluding hydrogens is 451 g/mol. The normalized spacial score (nSPS) is 20.1. The molecule has 186 valence electrons. The second-order valence-electron chi connectivity index (χ2n) is 8.97. The van der Waals surface area contributed by atoms with Gasteiger partial charge in [0.15, 0.2) is 0 Å². The molecule has 1 aromatic heterocycles. The van der Waals surface area contributed by atoms with Gasteiger partial charge < -0.3 is 25.1 Å². The number of aromatic nitrogens is 2. The molecule has 1 saturated heterocycles. The number of alkyl halides is 3. The van der Waals surface area contributed by atoms with E-state index in [4.69, 9.17) is 20.2 Å². The summed E-state index contributed by atoms with van der Waals surface area (Å²) in [6.45, 7) is 0.792. The zero-order valence-corrected chi connectivity index (χ0v) is 18.9. The van der Waals surface area contributed by atoms with E-state index < -0.39 is 17.8 Å². The van der Waals surface area contributed by atoms with Gasteiger partial charge in [0.1, 0.15) is 11.8 Å². The van der Waals surface area contributed by atoms with Crippen LogP contribution in [-0.4, -0.2) is 39.4 Å². The lowest BCUT2D eigenvalue weighted by molar-refractivity contribution is -0.138. The zero-order chi connectivity index (χ0) is 24.1. The predicted octanol–water partition coefficient (Wildman–Crippen LogP) is 5.34. The minimum atomic E-state index is -4.59. The third-order valence-electron chi connectivity index (χ3n) is 6.66. The van der Waals surface area contributed by atoms with E-state index in [0.29, 0.717) is 18.9 Å². The van der Waals surface area contributed by atoms with Crippen molar-refractivity contribution >= 4 is 5.96 Å². The molecule has 2 heterocycles. The van der Waals surface area contributed by atoms with Crippen molar-refractivity contribution < 1.29 is 27.6 Å². The summed E-state index contributed by atoms with van der Waals surface area (Å²) in [6, 6.07) is 3.40. The fourth-order valence-corrected chi connectivity index (χ4v) is 4.89. The molecule has 11 heteroatoms. The summed E-state index contributed by atoms with van der Waals surface area (Å²) in [6.07, 6.45) is 4.69. The first kappa shape index (κ1) is 24.2. The predicted molar refractivity (Wildman–Crippen MR) is 118 cm³/mol. The van der Waals surface area contributed by atoms with Crippen LogP contribution in [0.15, 0.2) is 27.9 Å². The van der Waals surface area contributed by atoms with Gasteiger partial charge in [0.25, 0.3) is 0 Å². The number of nitrogens with zero attached hydrogens (tertiary/aromatic N) is 4. The van der Waals surface area contributed by atoms with E-state index in [1.165, 1.54) is 44.2 Å². The van der Waals surface area contributed by atoms with Crippen molar-refractivity contribution in [2.45, 2.75) is 70.0 Å². The van der Waals surface area contributed by atoms with Gasteiger partial charge in [-0.1, -0.05) is 42.4 Å². The van der Waals surface area contributed by atoms with Crippen molar-refractivity contribution in [2.24, 2.45) is 16.8 Å². The molecule has 1 aromatic carbocycles. The molecule has 0 radical (unpaired) electrons. The Bertz CT molecular complexity index is 988. The summed E-state index contributed by atoms with van der Waals surface area (Å²) in [5, 5.41) is 15.8. The molecule has 0 spiro atoms. The maximum absolute atomic E-state index is 13.8. The van der Waals surface area contributed by atoms with Gasteiger partial charge in [-0.2, -0.15) is 18.2 Å². The Morgan fingerprint density at radius 1 is 1.21 bits per heavy atom. The highest BCUT2D eigenvalue weighted by molar-refractivity contribution is 5.78. The zero-order valence-electron chi connectivity index (χ0n) is 18.9. The molecule has 3 N–H and O–H groups in total. The first-order chi connectivity index (χ1) is 16.4. The Morgan fingerprint density at radius 2 is 2.00 bits per heavy atom. The van der Waals surface area contributed by atoms with E-state index in [-0.39, 0.29) is 35.6 Å². The number of hydrogen-bond acceptors (Lipinski definition) is 6. The van der Waals surface area contributed by atoms with Crippen LogP contribution in [0.25, 0.3) is 11.4 Å². The fourth-order valence-electron chi connectivity index (χ4n) is 4.89. The lowest BCUT2D eigenvalue weighted by Gasteiger charge is -2.21. The van der Waals surface area contributed by atoms with Gasteiger partial charge in [0.05, 0.1) is 12.2 Å². The van der Waals surface area contributed by atoms with E-state index in [1.54, 1.807) is 4.90 Å². The molecule has 2 aliphatic rings. The van der Waals surface area contributed by atoms with E-state index in [9.17, 15) is 13.2 Å². The molecule has 1 aliphatic carbocycles. The summed E-state index contributed by atoms with van der Waals surface area (Å²) in [5.74, 6) is 0.625. The molecule has 0 bridgehead atoms. The van der Waals surface area contributed by atoms with E-state index in [1.807, 2.05) is 0 Å². The molecule has 34 heavy (non-hydrogen) atoms. The van der Waals surface area contributed by atoms with Crippen LogP contribution in [0.4, 0.5) is 13.2 Å². The minimum absolute atomic E-state index is 0.0377. The molecule has 2 aromatic rings. The first-order valence-electron chi connectivity index (χ1n) is 11.8. The average Bonchev–Trinajstić information content (AvgIpc) is 3.51. The molecule has 8 nitrogen and oxygen atoms in total. The number of benzene rings is 1. The summed E-state index contributed by atoms with van der Waals surface area (Å²) in [4.78, 5) is 5.90. The van der Waals surface area contributed by atoms with Gasteiger partial charge in [0, 0.05) is 12.1 Å². The maximum atomic E-state index is 13.8. The summed E-state index contributed by atoms with van der Waals surface area (Å²) in [5.41, 5.74) is 5.00. The van der Waals surface area contributed by atoms with E-state index in [0.717, 1.165) is 25.3 Å². The van der Waals surface area contributed by atoms with Crippen LogP contribution in [0.1, 0.15) is 75.3 Å². The van der Waals surface area contributed by atoms with Crippen molar-refractivity contribution in [3.8, 4) is 17.1 Å². The number of oxime groups is 1. The van der Waals surface area contributed by atoms with Crippen LogP contribution in [0.3, 0.4) is 0 Å². The molecule has 4 rings (SSSR count). The second-order valence-corrected chi connectivity index (χ2v) is 8.97. The van der Waals surface area contributed by atoms with Crippen LogP contribution in [0.2, 0.25) is 0 Å². The van der Waals surface area contributed by atoms with Crippen LogP contribution in [-0.2, 0) is 6.18 Å². The van der Waals surface area contributed by atoms with Gasteiger partial charge in [-0.3, -0.25) is 0 Å². The number of hydrogen-bond donors (Lipinski definition) is 2. The number of nitrogens with two attached hydrogens (primary N) is 1. The Hall–Kier alpha value is -2.98. The lowest BCUT2D eigenvalue weighted by atomic mass is 9.86. The van der Waals surface area contributed by atoms with Crippen LogP contribution < -0.4 is 10.5 Å². The average molecular weight is 482 g/mol. The molecule has 1 atom stereocenters. The monoisotopic (exact) mass is 481 g/mol. The van der Waals surface area contributed by atoms with Gasteiger partial charge in [-0.05, 0) is 49.8 Å². The summed E-state index contributed by atoms with van der Waals surface area (Å²) >= 11 is 0. The minimum Gasteiger partial charge on any atom is -0.493 e. The number of likely N-dealkylation sites (tertiary alicyclic amines) is 1. The Labute approximate surface area is 195 Å². The summed E-state index contributed by atoms with van der Waals surface area (Å²) in [7, 11) is 0. The molecule has 1 aliphatic heterocycles. The fraction of sp³-hybridized carbons (Fsp3) is 0.609. The number of rotatable bonds is 7. The lowest BCUT2D eigenvalue weighted by Crippen LogP contribution is -2.36. The van der Waals surface area contributed by atoms with Gasteiger partial charge in [-0.25, -0.2) is 0 Å². The number of ether oxygens (including phenoxy) is 1. The third-order valence-corrected chi connectivity index (χ3v) is 6.66. The van der Waals surface area contributed by atoms with Crippen molar-refractivity contribution in [2.75, 3.05) is 13.2 Å². The third kappa shape index (κ3) is 5.56.